The number of aromatic nitrogens is 1. The van der Waals surface area contributed by atoms with Gasteiger partial charge in [0, 0.05) is 31.3 Å². The zero-order chi connectivity index (χ0) is 27.6. The van der Waals surface area contributed by atoms with Crippen LogP contribution in [0.1, 0.15) is 24.2 Å². The normalized spacial score (nSPS) is 18.9. The van der Waals surface area contributed by atoms with Crippen molar-refractivity contribution in [2.24, 2.45) is 5.92 Å². The Balaban J connectivity index is 1.72. The summed E-state index contributed by atoms with van der Waals surface area (Å²) < 4.78 is 61.0. The van der Waals surface area contributed by atoms with Gasteiger partial charge >= 0.3 is 0 Å². The zero-order valence-corrected chi connectivity index (χ0v) is 22.0. The first-order chi connectivity index (χ1) is 18.0. The molecule has 0 fully saturated rings. The molecular weight excluding hydrogens is 516 g/mol. The molecule has 1 aliphatic heterocycles. The van der Waals surface area contributed by atoms with Crippen molar-refractivity contribution >= 4 is 15.9 Å². The van der Waals surface area contributed by atoms with Gasteiger partial charge in [0.1, 0.15) is 23.3 Å². The number of nitrogens with zero attached hydrogens (tertiary/aromatic N) is 3. The summed E-state index contributed by atoms with van der Waals surface area (Å²) in [7, 11) is -2.67. The highest BCUT2D eigenvalue weighted by molar-refractivity contribution is 7.89. The number of carbonyl (C=O) groups excluding carboxylic acids is 1. The van der Waals surface area contributed by atoms with Crippen molar-refractivity contribution in [2.75, 3.05) is 26.7 Å². The van der Waals surface area contributed by atoms with Crippen LogP contribution >= 0.6 is 0 Å². The molecule has 3 aromatic rings. The summed E-state index contributed by atoms with van der Waals surface area (Å²) in [5.74, 6) is -1.90. The first kappa shape index (κ1) is 27.6. The Hall–Kier alpha value is -3.41. The van der Waals surface area contributed by atoms with Gasteiger partial charge in [-0.2, -0.15) is 4.31 Å². The number of aliphatic hydroxyl groups is 1. The number of fused-ring (bicyclic) bond motifs is 1. The van der Waals surface area contributed by atoms with Crippen molar-refractivity contribution in [1.29, 1.82) is 0 Å². The van der Waals surface area contributed by atoms with Crippen LogP contribution in [-0.4, -0.2) is 72.5 Å². The Kier molecular flexibility index (Phi) is 8.10. The molecule has 1 aromatic heterocycles. The number of halogens is 2. The second kappa shape index (κ2) is 11.1. The van der Waals surface area contributed by atoms with E-state index >= 15 is 0 Å². The molecule has 1 amide bonds. The van der Waals surface area contributed by atoms with Crippen LogP contribution in [0.3, 0.4) is 0 Å². The minimum Gasteiger partial charge on any atom is -0.472 e. The molecule has 1 aliphatic rings. The van der Waals surface area contributed by atoms with Crippen molar-refractivity contribution in [3.05, 3.63) is 78.0 Å². The van der Waals surface area contributed by atoms with Gasteiger partial charge in [-0.25, -0.2) is 22.2 Å². The quantitative estimate of drug-likeness (QED) is 0.487. The van der Waals surface area contributed by atoms with E-state index in [1.165, 1.54) is 42.4 Å². The lowest BCUT2D eigenvalue weighted by Crippen LogP contribution is -2.50. The van der Waals surface area contributed by atoms with Crippen LogP contribution in [0, 0.1) is 17.6 Å². The van der Waals surface area contributed by atoms with Gasteiger partial charge in [0.05, 0.1) is 24.1 Å². The lowest BCUT2D eigenvalue weighted by Gasteiger charge is -2.37. The topological polar surface area (TPSA) is 100 Å². The molecule has 3 atom stereocenters. The molecular formula is C27H29F2N3O5S. The summed E-state index contributed by atoms with van der Waals surface area (Å²) in [5, 5.41) is 9.83. The number of hydrogen-bond acceptors (Lipinski definition) is 6. The van der Waals surface area contributed by atoms with Crippen molar-refractivity contribution < 1.29 is 31.8 Å². The van der Waals surface area contributed by atoms with E-state index in [0.717, 1.165) is 16.4 Å². The highest BCUT2D eigenvalue weighted by atomic mass is 32.2. The number of rotatable bonds is 7. The summed E-state index contributed by atoms with van der Waals surface area (Å²) >= 11 is 0. The predicted octanol–water partition coefficient (Wildman–Crippen LogP) is 3.57. The van der Waals surface area contributed by atoms with Crippen molar-refractivity contribution in [2.45, 2.75) is 30.9 Å². The fourth-order valence-corrected chi connectivity index (χ4v) is 5.52. The van der Waals surface area contributed by atoms with Crippen LogP contribution in [0.4, 0.5) is 8.78 Å². The number of carbonyl (C=O) groups is 1. The average molecular weight is 546 g/mol. The van der Waals surface area contributed by atoms with E-state index in [9.17, 15) is 27.1 Å². The Morgan fingerprint density at radius 1 is 1.13 bits per heavy atom. The summed E-state index contributed by atoms with van der Waals surface area (Å²) in [5.41, 5.74) is 1.12. The highest BCUT2D eigenvalue weighted by Crippen LogP contribution is 2.31. The number of amides is 1. The lowest BCUT2D eigenvalue weighted by molar-refractivity contribution is 0.0373. The third kappa shape index (κ3) is 5.69. The molecule has 11 heteroatoms. The first-order valence-electron chi connectivity index (χ1n) is 12.1. The van der Waals surface area contributed by atoms with E-state index in [1.807, 2.05) is 6.92 Å². The molecule has 1 N–H and O–H groups in total. The minimum atomic E-state index is -4.04. The molecule has 0 unspecified atom stereocenters. The molecule has 2 aromatic carbocycles. The summed E-state index contributed by atoms with van der Waals surface area (Å²) in [4.78, 5) is 19.2. The summed E-state index contributed by atoms with van der Waals surface area (Å²) in [6.07, 6.45) is 0.716. The van der Waals surface area contributed by atoms with E-state index in [1.54, 1.807) is 25.1 Å². The van der Waals surface area contributed by atoms with E-state index in [4.69, 9.17) is 4.74 Å². The summed E-state index contributed by atoms with van der Waals surface area (Å²) in [6, 6.07) is 11.6. The third-order valence-corrected chi connectivity index (χ3v) is 8.44. The van der Waals surface area contributed by atoms with Crippen LogP contribution in [0.25, 0.3) is 11.1 Å². The maximum atomic E-state index is 13.8. The van der Waals surface area contributed by atoms with Crippen LogP contribution in [0.2, 0.25) is 0 Å². The molecule has 202 valence electrons. The van der Waals surface area contributed by atoms with Crippen LogP contribution in [0.15, 0.2) is 65.7 Å². The average Bonchev–Trinajstić information content (AvgIpc) is 2.89. The Morgan fingerprint density at radius 2 is 1.82 bits per heavy atom. The number of likely N-dealkylation sites (N-methyl/N-ethyl adjacent to an activating group) is 1. The molecule has 4 rings (SSSR count). The third-order valence-electron chi connectivity index (χ3n) is 6.62. The molecule has 2 heterocycles. The smallest absolute Gasteiger partial charge is 0.259 e. The van der Waals surface area contributed by atoms with Crippen LogP contribution < -0.4 is 4.74 Å². The molecule has 0 spiro atoms. The van der Waals surface area contributed by atoms with Gasteiger partial charge in [0.2, 0.25) is 15.9 Å². The largest absolute Gasteiger partial charge is 0.472 e. The number of benzene rings is 2. The molecule has 0 radical (unpaired) electrons. The fraction of sp³-hybridized carbons (Fsp3) is 0.333. The van der Waals surface area contributed by atoms with E-state index in [-0.39, 0.29) is 42.0 Å². The Morgan fingerprint density at radius 3 is 2.47 bits per heavy atom. The maximum absolute atomic E-state index is 13.8. The second-order valence-corrected chi connectivity index (χ2v) is 11.5. The van der Waals surface area contributed by atoms with Crippen molar-refractivity contribution in [3.63, 3.8) is 0 Å². The standard InChI is InChI=1S/C27H29F2N3O5S/c1-17-14-32(18(2)16-33)27(34)24-11-20(19-6-4-7-21(28)10-19)13-30-26(24)37-25(17)15-31(3)38(35,36)23-9-5-8-22(29)12-23/h4-13,17-18,25,33H,14-16H2,1-3H3/t17-,18-,25+/m1/s1. The Bertz CT molecular complexity index is 1440. The number of hydrogen-bond donors (Lipinski definition) is 1. The zero-order valence-electron chi connectivity index (χ0n) is 21.2. The van der Waals surface area contributed by atoms with Crippen molar-refractivity contribution in [1.82, 2.24) is 14.2 Å². The van der Waals surface area contributed by atoms with Gasteiger partial charge in [0.25, 0.3) is 5.91 Å². The first-order valence-corrected chi connectivity index (χ1v) is 13.5. The van der Waals surface area contributed by atoms with Crippen LogP contribution in [0.5, 0.6) is 5.88 Å². The Labute approximate surface area is 220 Å². The fourth-order valence-electron chi connectivity index (χ4n) is 4.31. The van der Waals surface area contributed by atoms with E-state index in [0.29, 0.717) is 11.1 Å². The molecule has 0 aliphatic carbocycles. The lowest BCUT2D eigenvalue weighted by atomic mass is 9.99. The van der Waals surface area contributed by atoms with E-state index < -0.39 is 39.7 Å². The molecule has 0 saturated carbocycles. The minimum absolute atomic E-state index is 0.00148. The molecule has 38 heavy (non-hydrogen) atoms. The number of pyridine rings is 1. The van der Waals surface area contributed by atoms with Gasteiger partial charge in [-0.05, 0) is 48.9 Å². The number of sulfonamides is 1. The number of ether oxygens (including phenoxy) is 1. The SMILES string of the molecule is C[C@@H]1CN([C@H](C)CO)C(=O)c2cc(-c3cccc(F)c3)cnc2O[C@H]1CN(C)S(=O)(=O)c1cccc(F)c1. The van der Waals surface area contributed by atoms with Gasteiger partial charge in [-0.15, -0.1) is 0 Å². The molecule has 0 saturated heterocycles. The second-order valence-electron chi connectivity index (χ2n) is 9.45. The monoisotopic (exact) mass is 545 g/mol. The maximum Gasteiger partial charge on any atom is 0.259 e. The summed E-state index contributed by atoms with van der Waals surface area (Å²) in [6.45, 7) is 3.28. The number of aliphatic hydroxyl groups excluding tert-OH is 1. The highest BCUT2D eigenvalue weighted by Gasteiger charge is 2.36. The van der Waals surface area contributed by atoms with Gasteiger partial charge in [-0.1, -0.05) is 25.1 Å². The predicted molar refractivity (Wildman–Crippen MR) is 137 cm³/mol. The molecule has 0 bridgehead atoms. The van der Waals surface area contributed by atoms with Crippen LogP contribution in [-0.2, 0) is 10.0 Å². The van der Waals surface area contributed by atoms with Gasteiger partial charge in [-0.3, -0.25) is 4.79 Å². The van der Waals surface area contributed by atoms with E-state index in [2.05, 4.69) is 4.98 Å². The van der Waals surface area contributed by atoms with Gasteiger partial charge < -0.3 is 14.7 Å². The molecule has 8 nitrogen and oxygen atoms in total. The van der Waals surface area contributed by atoms with Gasteiger partial charge in [0.15, 0.2) is 0 Å². The van der Waals surface area contributed by atoms with Crippen molar-refractivity contribution in [3.8, 4) is 17.0 Å².